The lowest BCUT2D eigenvalue weighted by Gasteiger charge is -2.40. The van der Waals surface area contributed by atoms with Crippen LogP contribution in [0, 0.1) is 0 Å². The zero-order valence-electron chi connectivity index (χ0n) is 58.1. The van der Waals surface area contributed by atoms with Crippen molar-refractivity contribution in [3.8, 4) is 0 Å². The van der Waals surface area contributed by atoms with Gasteiger partial charge in [0.25, 0.3) is 0 Å². The Hall–Kier alpha value is -3.16. The molecule has 1 aliphatic heterocycles. The highest BCUT2D eigenvalue weighted by Crippen LogP contribution is 2.23. The highest BCUT2D eigenvalue weighted by atomic mass is 16.7. The molecular formula is C79H141NO10. The van der Waals surface area contributed by atoms with Crippen molar-refractivity contribution in [3.05, 3.63) is 85.1 Å². The molecule has 0 bridgehead atoms. The fourth-order valence-electron chi connectivity index (χ4n) is 11.5. The van der Waals surface area contributed by atoms with Crippen LogP contribution in [0.2, 0.25) is 0 Å². The molecule has 90 heavy (non-hydrogen) atoms. The van der Waals surface area contributed by atoms with Crippen molar-refractivity contribution in [3.63, 3.8) is 0 Å². The Bertz CT molecular complexity index is 1770. The van der Waals surface area contributed by atoms with Crippen molar-refractivity contribution < 1.29 is 49.3 Å². The topological polar surface area (TPSA) is 175 Å². The summed E-state index contributed by atoms with van der Waals surface area (Å²) >= 11 is 0. The van der Waals surface area contributed by atoms with Crippen LogP contribution in [0.25, 0.3) is 0 Å². The minimum absolute atomic E-state index is 0.00162. The van der Waals surface area contributed by atoms with Gasteiger partial charge in [-0.05, 0) is 109 Å². The molecular weight excluding hydrogens is 1120 g/mol. The molecule has 7 unspecified atom stereocenters. The number of amides is 1. The Morgan fingerprint density at radius 3 is 1.21 bits per heavy atom. The Balaban J connectivity index is 1.89. The van der Waals surface area contributed by atoms with Crippen molar-refractivity contribution in [2.45, 2.75) is 384 Å². The van der Waals surface area contributed by atoms with Crippen LogP contribution in [0.4, 0.5) is 0 Å². The fourth-order valence-corrected chi connectivity index (χ4v) is 11.5. The third kappa shape index (κ3) is 55.3. The first-order valence-electron chi connectivity index (χ1n) is 37.9. The number of unbranched alkanes of at least 4 members (excludes halogenated alkanes) is 40. The van der Waals surface area contributed by atoms with Crippen LogP contribution in [0.15, 0.2) is 85.1 Å². The summed E-state index contributed by atoms with van der Waals surface area (Å²) in [6, 6.07) is -0.833. The minimum atomic E-state index is -1.58. The number of rotatable bonds is 66. The SMILES string of the molecule is CC/C=C/CC/C=C/CC/C=C/C(O)C(COC1OC(CO)C(O)C(O)C1O)NC(=O)CCCCCCCCCCCCCCCCCCC/C=C\C/C=C\CCCCCCCCCCCCCCCCCOC(=O)CCCCCCC/C=C\C/C=C\CCC. The van der Waals surface area contributed by atoms with Crippen LogP contribution < -0.4 is 5.32 Å². The van der Waals surface area contributed by atoms with Crippen LogP contribution in [-0.2, 0) is 23.8 Å². The third-order valence-electron chi connectivity index (χ3n) is 17.4. The van der Waals surface area contributed by atoms with Crippen molar-refractivity contribution in [1.29, 1.82) is 0 Å². The molecule has 0 aromatic rings. The minimum Gasteiger partial charge on any atom is -0.466 e. The van der Waals surface area contributed by atoms with E-state index < -0.39 is 49.5 Å². The van der Waals surface area contributed by atoms with E-state index >= 15 is 0 Å². The second kappa shape index (κ2) is 67.3. The predicted octanol–water partition coefficient (Wildman–Crippen LogP) is 20.0. The standard InChI is InChI=1S/C79H141NO10/c1-3-5-7-9-11-13-15-43-47-51-55-59-63-67-75(84)88-68-64-60-56-52-48-45-42-40-38-36-34-32-30-28-26-24-22-20-18-16-17-19-21-23-25-27-29-31-33-35-37-39-41-44-46-50-54-58-62-66-74(83)80-71(70-89-79-78(87)77(86)76(85)73(69-81)90-79)72(82)65-61-57-53-49-14-12-10-8-6-4-2/h6-9,13-17,20,22,49,61,65,71-73,76-79,81-82,85-87H,3-5,10-12,18-19,21,23-48,50-60,62-64,66-70H2,1-2H3,(H,80,83)/b8-6+,9-7-,15-13-,17-16-,22-20-,49-14+,65-61+. The molecule has 1 amide bonds. The number of hydrogen-bond donors (Lipinski definition) is 6. The highest BCUT2D eigenvalue weighted by Gasteiger charge is 2.44. The van der Waals surface area contributed by atoms with E-state index in [1.807, 2.05) is 6.08 Å². The molecule has 0 aromatic carbocycles. The first kappa shape index (κ1) is 84.9. The molecule has 6 N–H and O–H groups in total. The van der Waals surface area contributed by atoms with E-state index in [0.717, 1.165) is 83.5 Å². The zero-order chi connectivity index (χ0) is 65.1. The van der Waals surface area contributed by atoms with E-state index in [2.05, 4.69) is 92.1 Å². The van der Waals surface area contributed by atoms with Gasteiger partial charge in [-0.15, -0.1) is 0 Å². The van der Waals surface area contributed by atoms with Crippen molar-refractivity contribution in [2.75, 3.05) is 19.8 Å². The van der Waals surface area contributed by atoms with E-state index in [9.17, 15) is 35.1 Å². The fraction of sp³-hybridized carbons (Fsp3) is 0.797. The second-order valence-corrected chi connectivity index (χ2v) is 25.9. The van der Waals surface area contributed by atoms with Gasteiger partial charge in [-0.2, -0.15) is 0 Å². The molecule has 1 heterocycles. The molecule has 0 radical (unpaired) electrons. The van der Waals surface area contributed by atoms with Gasteiger partial charge in [-0.25, -0.2) is 0 Å². The van der Waals surface area contributed by atoms with Crippen molar-refractivity contribution in [2.24, 2.45) is 0 Å². The monoisotopic (exact) mass is 1260 g/mol. The van der Waals surface area contributed by atoms with Crippen LogP contribution >= 0.6 is 0 Å². The lowest BCUT2D eigenvalue weighted by Crippen LogP contribution is -2.60. The maximum absolute atomic E-state index is 13.0. The average Bonchev–Trinajstić information content (AvgIpc) is 3.68. The number of carbonyl (C=O) groups is 2. The number of aliphatic hydroxyl groups excluding tert-OH is 5. The van der Waals surface area contributed by atoms with Crippen LogP contribution in [0.1, 0.15) is 341 Å². The van der Waals surface area contributed by atoms with Gasteiger partial charge in [-0.1, -0.05) is 304 Å². The zero-order valence-corrected chi connectivity index (χ0v) is 58.1. The van der Waals surface area contributed by atoms with Gasteiger partial charge < -0.3 is 45.1 Å². The molecule has 0 spiro atoms. The molecule has 11 heteroatoms. The summed E-state index contributed by atoms with van der Waals surface area (Å²) in [6.45, 7) is 4.15. The van der Waals surface area contributed by atoms with Gasteiger partial charge in [0.2, 0.25) is 5.91 Å². The van der Waals surface area contributed by atoms with Crippen LogP contribution in [-0.4, -0.2) is 100 Å². The number of aliphatic hydroxyl groups is 5. The normalized spacial score (nSPS) is 18.1. The molecule has 1 saturated heterocycles. The number of ether oxygens (including phenoxy) is 3. The molecule has 0 saturated carbocycles. The van der Waals surface area contributed by atoms with E-state index in [4.69, 9.17) is 14.2 Å². The number of nitrogens with one attached hydrogen (secondary N) is 1. The lowest BCUT2D eigenvalue weighted by molar-refractivity contribution is -0.302. The quantitative estimate of drug-likeness (QED) is 0.0195. The first-order chi connectivity index (χ1) is 44.2. The summed E-state index contributed by atoms with van der Waals surface area (Å²) in [5.74, 6) is -0.197. The van der Waals surface area contributed by atoms with Gasteiger partial charge in [0.1, 0.15) is 24.4 Å². The second-order valence-electron chi connectivity index (χ2n) is 25.9. The molecule has 1 fully saturated rings. The van der Waals surface area contributed by atoms with Gasteiger partial charge in [-0.3, -0.25) is 9.59 Å². The highest BCUT2D eigenvalue weighted by molar-refractivity contribution is 5.76. The van der Waals surface area contributed by atoms with Crippen molar-refractivity contribution in [1.82, 2.24) is 5.32 Å². The number of allylic oxidation sites excluding steroid dienone is 13. The molecule has 0 aliphatic carbocycles. The van der Waals surface area contributed by atoms with E-state index in [1.165, 1.54) is 231 Å². The summed E-state index contributed by atoms with van der Waals surface area (Å²) in [6.07, 6.45) is 83.5. The Labute approximate surface area is 553 Å². The number of esters is 1. The van der Waals surface area contributed by atoms with E-state index in [-0.39, 0.29) is 18.5 Å². The average molecular weight is 1260 g/mol. The first-order valence-corrected chi connectivity index (χ1v) is 37.9. The molecule has 522 valence electrons. The number of carbonyl (C=O) groups excluding carboxylic acids is 2. The van der Waals surface area contributed by atoms with Gasteiger partial charge in [0, 0.05) is 12.8 Å². The predicted molar refractivity (Wildman–Crippen MR) is 379 cm³/mol. The molecule has 7 atom stereocenters. The maximum Gasteiger partial charge on any atom is 0.305 e. The van der Waals surface area contributed by atoms with E-state index in [0.29, 0.717) is 19.4 Å². The summed E-state index contributed by atoms with van der Waals surface area (Å²) in [5, 5.41) is 54.3. The summed E-state index contributed by atoms with van der Waals surface area (Å²) < 4.78 is 16.7. The molecule has 11 nitrogen and oxygen atoms in total. The Morgan fingerprint density at radius 1 is 0.422 bits per heavy atom. The Morgan fingerprint density at radius 2 is 0.789 bits per heavy atom. The molecule has 1 rings (SSSR count). The number of hydrogen-bond acceptors (Lipinski definition) is 10. The smallest absolute Gasteiger partial charge is 0.305 e. The van der Waals surface area contributed by atoms with Crippen molar-refractivity contribution >= 4 is 11.9 Å². The van der Waals surface area contributed by atoms with E-state index in [1.54, 1.807) is 6.08 Å². The van der Waals surface area contributed by atoms with Crippen LogP contribution in [0.5, 0.6) is 0 Å². The summed E-state index contributed by atoms with van der Waals surface area (Å²) in [4.78, 5) is 25.1. The molecule has 0 aromatic heterocycles. The summed E-state index contributed by atoms with van der Waals surface area (Å²) in [5.41, 5.74) is 0. The van der Waals surface area contributed by atoms with Crippen LogP contribution in [0.3, 0.4) is 0 Å². The van der Waals surface area contributed by atoms with Gasteiger partial charge >= 0.3 is 5.97 Å². The lowest BCUT2D eigenvalue weighted by atomic mass is 9.99. The third-order valence-corrected chi connectivity index (χ3v) is 17.4. The van der Waals surface area contributed by atoms with Gasteiger partial charge in [0.05, 0.1) is 32.0 Å². The maximum atomic E-state index is 13.0. The largest absolute Gasteiger partial charge is 0.466 e. The molecule has 1 aliphatic rings. The Kier molecular flexibility index (Phi) is 63.4. The summed E-state index contributed by atoms with van der Waals surface area (Å²) in [7, 11) is 0. The van der Waals surface area contributed by atoms with Gasteiger partial charge in [0.15, 0.2) is 6.29 Å².